The molecule has 1 atom stereocenters. The first-order chi connectivity index (χ1) is 40.0. The van der Waals surface area contributed by atoms with Crippen molar-refractivity contribution in [1.82, 2.24) is 0 Å². The molecule has 0 saturated carbocycles. The van der Waals surface area contributed by atoms with Crippen molar-refractivity contribution in [3.05, 3.63) is 146 Å². The van der Waals surface area contributed by atoms with Crippen LogP contribution in [0.3, 0.4) is 0 Å². The first-order valence-electron chi connectivity index (χ1n) is 33.3. The highest BCUT2D eigenvalue weighted by Crippen LogP contribution is 2.16. The summed E-state index contributed by atoms with van der Waals surface area (Å²) in [5.74, 6) is -0.917. The number of hydrogen-bond acceptors (Lipinski definition) is 6. The van der Waals surface area contributed by atoms with Gasteiger partial charge in [-0.15, -0.1) is 0 Å². The zero-order valence-corrected chi connectivity index (χ0v) is 52.5. The minimum Gasteiger partial charge on any atom is -0.462 e. The number of unbranched alkanes of at least 4 members (excludes halogenated alkanes) is 24. The van der Waals surface area contributed by atoms with E-state index >= 15 is 0 Å². The average molecular weight is 1120 g/mol. The van der Waals surface area contributed by atoms with Crippen LogP contribution in [0, 0.1) is 0 Å². The van der Waals surface area contributed by atoms with Crippen molar-refractivity contribution in [2.24, 2.45) is 0 Å². The molecule has 0 amide bonds. The molecule has 0 spiro atoms. The van der Waals surface area contributed by atoms with Crippen LogP contribution in [0.15, 0.2) is 146 Å². The van der Waals surface area contributed by atoms with E-state index in [2.05, 4.69) is 167 Å². The van der Waals surface area contributed by atoms with Crippen LogP contribution in [0.1, 0.15) is 290 Å². The number of allylic oxidation sites excluding steroid dienone is 24. The van der Waals surface area contributed by atoms with Gasteiger partial charge >= 0.3 is 17.9 Å². The van der Waals surface area contributed by atoms with Crippen molar-refractivity contribution in [3.63, 3.8) is 0 Å². The van der Waals surface area contributed by atoms with E-state index in [0.717, 1.165) is 161 Å². The van der Waals surface area contributed by atoms with Crippen LogP contribution in [0.2, 0.25) is 0 Å². The molecule has 0 radical (unpaired) electrons. The third-order valence-electron chi connectivity index (χ3n) is 13.8. The zero-order valence-electron chi connectivity index (χ0n) is 52.5. The summed E-state index contributed by atoms with van der Waals surface area (Å²) in [7, 11) is 0. The van der Waals surface area contributed by atoms with Crippen LogP contribution in [0.4, 0.5) is 0 Å². The second-order valence-corrected chi connectivity index (χ2v) is 21.6. The van der Waals surface area contributed by atoms with Gasteiger partial charge in [0, 0.05) is 19.3 Å². The molecular formula is C75H122O6. The number of hydrogen-bond donors (Lipinski definition) is 0. The molecule has 0 aromatic heterocycles. The van der Waals surface area contributed by atoms with Gasteiger partial charge in [-0.05, 0) is 135 Å². The first-order valence-corrected chi connectivity index (χ1v) is 33.3. The van der Waals surface area contributed by atoms with Crippen LogP contribution in [0.25, 0.3) is 0 Å². The Morgan fingerprint density at radius 3 is 0.753 bits per heavy atom. The molecule has 0 aliphatic carbocycles. The second kappa shape index (κ2) is 67.8. The van der Waals surface area contributed by atoms with Crippen molar-refractivity contribution in [2.45, 2.75) is 297 Å². The normalized spacial score (nSPS) is 13.1. The molecule has 0 fully saturated rings. The lowest BCUT2D eigenvalue weighted by molar-refractivity contribution is -0.167. The molecule has 0 saturated heterocycles. The molecule has 458 valence electrons. The lowest BCUT2D eigenvalue weighted by Crippen LogP contribution is -2.30. The predicted molar refractivity (Wildman–Crippen MR) is 352 cm³/mol. The number of carbonyl (C=O) groups excluding carboxylic acids is 3. The van der Waals surface area contributed by atoms with Crippen LogP contribution in [-0.2, 0) is 28.6 Å². The monoisotopic (exact) mass is 1120 g/mol. The fourth-order valence-electron chi connectivity index (χ4n) is 8.89. The molecule has 0 rings (SSSR count). The van der Waals surface area contributed by atoms with E-state index < -0.39 is 6.10 Å². The van der Waals surface area contributed by atoms with Crippen LogP contribution >= 0.6 is 0 Å². The maximum absolute atomic E-state index is 12.9. The van der Waals surface area contributed by atoms with Crippen molar-refractivity contribution in [3.8, 4) is 0 Å². The summed E-state index contributed by atoms with van der Waals surface area (Å²) in [5, 5.41) is 0. The van der Waals surface area contributed by atoms with Crippen molar-refractivity contribution < 1.29 is 28.6 Å². The van der Waals surface area contributed by atoms with E-state index in [0.29, 0.717) is 19.3 Å². The SMILES string of the molecule is CC/C=C\C/C=C\C/C=C\C/C=C\C/C=C\C/C=C\CCCCCCCCCCC(=O)OCC(COC(=O)CCCCCCC/C=C\C/C=C\CCC)OC(=O)CCCCCCCCCCCC/C=C\C/C=C\C/C=C\C/C=C\CC. The Balaban J connectivity index is 4.36. The molecule has 0 heterocycles. The fourth-order valence-corrected chi connectivity index (χ4v) is 8.89. The van der Waals surface area contributed by atoms with E-state index in [1.165, 1.54) is 89.9 Å². The Labute approximate surface area is 499 Å². The summed E-state index contributed by atoms with van der Waals surface area (Å²) in [4.78, 5) is 38.4. The van der Waals surface area contributed by atoms with Crippen molar-refractivity contribution >= 4 is 17.9 Å². The summed E-state index contributed by atoms with van der Waals surface area (Å²) >= 11 is 0. The number of ether oxygens (including phenoxy) is 3. The minimum atomic E-state index is -0.797. The largest absolute Gasteiger partial charge is 0.462 e. The van der Waals surface area contributed by atoms with Gasteiger partial charge < -0.3 is 14.2 Å². The van der Waals surface area contributed by atoms with Gasteiger partial charge in [-0.2, -0.15) is 0 Å². The summed E-state index contributed by atoms with van der Waals surface area (Å²) in [6.45, 7) is 6.34. The third kappa shape index (κ3) is 66.0. The quantitative estimate of drug-likeness (QED) is 0.0261. The lowest BCUT2D eigenvalue weighted by Gasteiger charge is -2.18. The average Bonchev–Trinajstić information content (AvgIpc) is 3.46. The molecule has 6 nitrogen and oxygen atoms in total. The van der Waals surface area contributed by atoms with Crippen LogP contribution in [-0.4, -0.2) is 37.2 Å². The Hall–Kier alpha value is -4.71. The molecule has 0 N–H and O–H groups in total. The highest BCUT2D eigenvalue weighted by Gasteiger charge is 2.19. The fraction of sp³-hybridized carbons (Fsp3) is 0.640. The van der Waals surface area contributed by atoms with E-state index in [1.54, 1.807) is 0 Å². The molecule has 0 aromatic rings. The third-order valence-corrected chi connectivity index (χ3v) is 13.8. The smallest absolute Gasteiger partial charge is 0.306 e. The highest BCUT2D eigenvalue weighted by atomic mass is 16.6. The van der Waals surface area contributed by atoms with Gasteiger partial charge in [-0.25, -0.2) is 0 Å². The Bertz CT molecular complexity index is 1760. The maximum Gasteiger partial charge on any atom is 0.306 e. The molecule has 0 bridgehead atoms. The number of rotatable bonds is 59. The minimum absolute atomic E-state index is 0.0929. The summed E-state index contributed by atoms with van der Waals surface area (Å²) in [5.41, 5.74) is 0. The first kappa shape index (κ1) is 76.3. The van der Waals surface area contributed by atoms with Gasteiger partial charge in [0.1, 0.15) is 13.2 Å². The number of esters is 3. The van der Waals surface area contributed by atoms with Crippen molar-refractivity contribution in [1.29, 1.82) is 0 Å². The summed E-state index contributed by atoms with van der Waals surface area (Å²) < 4.78 is 16.9. The van der Waals surface area contributed by atoms with Crippen LogP contribution in [0.5, 0.6) is 0 Å². The van der Waals surface area contributed by atoms with Gasteiger partial charge in [-0.1, -0.05) is 282 Å². The van der Waals surface area contributed by atoms with Crippen molar-refractivity contribution in [2.75, 3.05) is 13.2 Å². The molecule has 0 aliphatic heterocycles. The summed E-state index contributed by atoms with van der Waals surface area (Å²) in [6, 6.07) is 0. The molecule has 0 aliphatic rings. The number of carbonyl (C=O) groups is 3. The van der Waals surface area contributed by atoms with Crippen LogP contribution < -0.4 is 0 Å². The molecule has 81 heavy (non-hydrogen) atoms. The van der Waals surface area contributed by atoms with E-state index in [-0.39, 0.29) is 31.1 Å². The standard InChI is InChI=1S/C75H122O6/c1-4-7-10-13-16-19-22-25-27-29-31-33-35-36-37-38-40-41-43-45-47-50-53-56-59-62-65-68-74(77)80-71-72(70-79-73(76)67-64-61-58-55-52-49-24-21-18-15-12-9-6-3)81-75(78)69-66-63-60-57-54-51-48-46-44-42-39-34-32-30-28-26-23-20-17-14-11-8-5-2/h7-8,10-12,15-17,19-21,24-28,31-34,36-37,40-41,72H,4-6,9,13-14,18,22-23,29-30,35,38-39,42-71H2,1-3H3/b10-7-,11-8-,15-12-,19-16-,20-17-,24-21-,27-25-,28-26-,33-31-,34-32-,37-36-,41-40-. The topological polar surface area (TPSA) is 78.9 Å². The zero-order chi connectivity index (χ0) is 58.5. The second-order valence-electron chi connectivity index (χ2n) is 21.6. The van der Waals surface area contributed by atoms with E-state index in [1.807, 2.05) is 0 Å². The lowest BCUT2D eigenvalue weighted by atomic mass is 10.0. The Morgan fingerprint density at radius 1 is 0.259 bits per heavy atom. The van der Waals surface area contributed by atoms with Gasteiger partial charge in [0.05, 0.1) is 0 Å². The van der Waals surface area contributed by atoms with E-state index in [4.69, 9.17) is 14.2 Å². The molecule has 0 aromatic carbocycles. The molecule has 1 unspecified atom stereocenters. The Morgan fingerprint density at radius 2 is 0.481 bits per heavy atom. The van der Waals surface area contributed by atoms with E-state index in [9.17, 15) is 14.4 Å². The molecular weight excluding hydrogens is 997 g/mol. The maximum atomic E-state index is 12.9. The predicted octanol–water partition coefficient (Wildman–Crippen LogP) is 23.1. The summed E-state index contributed by atoms with van der Waals surface area (Å²) in [6.07, 6.45) is 97.1. The van der Waals surface area contributed by atoms with Gasteiger partial charge in [0.15, 0.2) is 6.10 Å². The van der Waals surface area contributed by atoms with Gasteiger partial charge in [0.25, 0.3) is 0 Å². The van der Waals surface area contributed by atoms with Gasteiger partial charge in [0.2, 0.25) is 0 Å². The molecule has 6 heteroatoms. The highest BCUT2D eigenvalue weighted by molar-refractivity contribution is 5.71. The van der Waals surface area contributed by atoms with Gasteiger partial charge in [-0.3, -0.25) is 14.4 Å². The Kier molecular flexibility index (Phi) is 63.9.